The van der Waals surface area contributed by atoms with Gasteiger partial charge in [-0.15, -0.1) is 0 Å². The van der Waals surface area contributed by atoms with Crippen molar-refractivity contribution in [3.05, 3.63) is 17.5 Å². The maximum atomic E-state index is 10.7. The molecule has 0 aromatic carbocycles. The van der Waals surface area contributed by atoms with E-state index in [0.717, 1.165) is 13.1 Å². The van der Waals surface area contributed by atoms with E-state index in [2.05, 4.69) is 23.9 Å². The van der Waals surface area contributed by atoms with Gasteiger partial charge in [0.05, 0.1) is 6.54 Å². The van der Waals surface area contributed by atoms with Crippen molar-refractivity contribution in [1.82, 2.24) is 10.1 Å². The lowest BCUT2D eigenvalue weighted by Gasteiger charge is -2.37. The average Bonchev–Trinajstić information content (AvgIpc) is 2.64. The smallest absolute Gasteiger partial charge is 0.358 e. The largest absolute Gasteiger partial charge is 0.476 e. The van der Waals surface area contributed by atoms with Crippen molar-refractivity contribution in [2.24, 2.45) is 5.41 Å². The summed E-state index contributed by atoms with van der Waals surface area (Å²) < 4.78 is 5.02. The van der Waals surface area contributed by atoms with Crippen molar-refractivity contribution in [2.45, 2.75) is 33.2 Å². The highest BCUT2D eigenvalue weighted by Gasteiger charge is 2.27. The lowest BCUT2D eigenvalue weighted by atomic mass is 9.84. The summed E-state index contributed by atoms with van der Waals surface area (Å²) in [7, 11) is 0. The predicted molar refractivity (Wildman–Crippen MR) is 61.8 cm³/mol. The van der Waals surface area contributed by atoms with E-state index in [1.807, 2.05) is 0 Å². The average molecular weight is 238 g/mol. The molecule has 0 amide bonds. The Balaban J connectivity index is 1.98. The first kappa shape index (κ1) is 12.1. The summed E-state index contributed by atoms with van der Waals surface area (Å²) in [5, 5.41) is 12.3. The zero-order valence-corrected chi connectivity index (χ0v) is 10.3. The van der Waals surface area contributed by atoms with Crippen LogP contribution in [0.3, 0.4) is 0 Å². The third-order valence-electron chi connectivity index (χ3n) is 3.14. The van der Waals surface area contributed by atoms with Crippen molar-refractivity contribution in [2.75, 3.05) is 13.1 Å². The first-order valence-electron chi connectivity index (χ1n) is 5.87. The topological polar surface area (TPSA) is 66.6 Å². The number of nitrogens with zero attached hydrogens (tertiary/aromatic N) is 2. The molecule has 5 nitrogen and oxygen atoms in total. The predicted octanol–water partition coefficient (Wildman–Crippen LogP) is 1.99. The Labute approximate surface area is 100 Å². The zero-order valence-electron chi connectivity index (χ0n) is 10.3. The molecule has 17 heavy (non-hydrogen) atoms. The first-order chi connectivity index (χ1) is 7.96. The van der Waals surface area contributed by atoms with Gasteiger partial charge in [-0.3, -0.25) is 4.90 Å². The summed E-state index contributed by atoms with van der Waals surface area (Å²) in [6.45, 7) is 7.19. The van der Waals surface area contributed by atoms with Gasteiger partial charge < -0.3 is 9.63 Å². The van der Waals surface area contributed by atoms with Gasteiger partial charge in [-0.1, -0.05) is 19.0 Å². The Morgan fingerprint density at radius 3 is 3.00 bits per heavy atom. The summed E-state index contributed by atoms with van der Waals surface area (Å²) in [6, 6.07) is 1.50. The normalized spacial score (nSPS) is 20.4. The van der Waals surface area contributed by atoms with Crippen molar-refractivity contribution < 1.29 is 14.4 Å². The molecule has 0 spiro atoms. The molecule has 1 aliphatic rings. The molecule has 0 bridgehead atoms. The van der Waals surface area contributed by atoms with Gasteiger partial charge in [-0.05, 0) is 24.8 Å². The fourth-order valence-corrected chi connectivity index (χ4v) is 2.39. The van der Waals surface area contributed by atoms with Crippen LogP contribution in [0.25, 0.3) is 0 Å². The lowest BCUT2D eigenvalue weighted by molar-refractivity contribution is 0.0685. The van der Waals surface area contributed by atoms with Crippen LogP contribution in [0, 0.1) is 5.41 Å². The molecule has 0 atom stereocenters. The number of likely N-dealkylation sites (tertiary alicyclic amines) is 1. The number of aromatic nitrogens is 1. The molecule has 1 aromatic rings. The highest BCUT2D eigenvalue weighted by molar-refractivity contribution is 5.85. The second kappa shape index (κ2) is 4.49. The van der Waals surface area contributed by atoms with Crippen molar-refractivity contribution in [3.8, 4) is 0 Å². The summed E-state index contributed by atoms with van der Waals surface area (Å²) in [5.41, 5.74) is 0.310. The molecule has 1 saturated heterocycles. The Kier molecular flexibility index (Phi) is 3.19. The molecule has 0 saturated carbocycles. The number of hydrogen-bond donors (Lipinski definition) is 1. The van der Waals surface area contributed by atoms with Crippen LogP contribution in [0.1, 0.15) is 42.9 Å². The van der Waals surface area contributed by atoms with E-state index in [1.54, 1.807) is 0 Å². The molecule has 0 aliphatic carbocycles. The number of carboxylic acid groups (broad SMARTS) is 1. The number of hydrogen-bond acceptors (Lipinski definition) is 4. The highest BCUT2D eigenvalue weighted by atomic mass is 16.5. The van der Waals surface area contributed by atoms with Gasteiger partial charge in [0.1, 0.15) is 0 Å². The summed E-state index contributed by atoms with van der Waals surface area (Å²) in [6.07, 6.45) is 2.41. The monoisotopic (exact) mass is 238 g/mol. The van der Waals surface area contributed by atoms with Gasteiger partial charge in [0.2, 0.25) is 0 Å². The first-order valence-corrected chi connectivity index (χ1v) is 5.87. The highest BCUT2D eigenvalue weighted by Crippen LogP contribution is 2.29. The Bertz CT molecular complexity index is 412. The van der Waals surface area contributed by atoms with Crippen molar-refractivity contribution in [1.29, 1.82) is 0 Å². The third kappa shape index (κ3) is 3.06. The molecule has 1 aromatic heterocycles. The molecule has 1 N–H and O–H groups in total. The van der Waals surface area contributed by atoms with Gasteiger partial charge in [-0.2, -0.15) is 0 Å². The molecule has 0 unspecified atom stereocenters. The maximum absolute atomic E-state index is 10.7. The standard InChI is InChI=1S/C12H18N2O3/c1-12(2)4-3-5-14(8-12)7-9-6-10(11(15)16)13-17-9/h6H,3-5,7-8H2,1-2H3,(H,15,16). The van der Waals surface area contributed by atoms with Crippen molar-refractivity contribution in [3.63, 3.8) is 0 Å². The van der Waals surface area contributed by atoms with E-state index in [-0.39, 0.29) is 5.69 Å². The molecule has 1 fully saturated rings. The van der Waals surface area contributed by atoms with Gasteiger partial charge in [0.25, 0.3) is 0 Å². The third-order valence-corrected chi connectivity index (χ3v) is 3.14. The Morgan fingerprint density at radius 2 is 2.41 bits per heavy atom. The summed E-state index contributed by atoms with van der Waals surface area (Å²) in [4.78, 5) is 13.0. The molecule has 2 heterocycles. The van der Waals surface area contributed by atoms with Crippen LogP contribution in [0.2, 0.25) is 0 Å². The number of carboxylic acids is 1. The van der Waals surface area contributed by atoms with Gasteiger partial charge in [0.15, 0.2) is 11.5 Å². The van der Waals surface area contributed by atoms with Crippen molar-refractivity contribution >= 4 is 5.97 Å². The molecule has 94 valence electrons. The minimum Gasteiger partial charge on any atom is -0.476 e. The van der Waals surface area contributed by atoms with Crippen LogP contribution in [-0.4, -0.2) is 34.2 Å². The molecule has 2 rings (SSSR count). The van der Waals surface area contributed by atoms with E-state index >= 15 is 0 Å². The summed E-state index contributed by atoms with van der Waals surface area (Å²) >= 11 is 0. The van der Waals surface area contributed by atoms with Crippen LogP contribution in [0.4, 0.5) is 0 Å². The van der Waals surface area contributed by atoms with E-state index in [9.17, 15) is 4.79 Å². The van der Waals surface area contributed by atoms with E-state index in [1.165, 1.54) is 18.9 Å². The molecule has 5 heteroatoms. The van der Waals surface area contributed by atoms with Crippen LogP contribution in [0.15, 0.2) is 10.6 Å². The van der Waals surface area contributed by atoms with Gasteiger partial charge >= 0.3 is 5.97 Å². The summed E-state index contributed by atoms with van der Waals surface area (Å²) in [5.74, 6) is -0.418. The zero-order chi connectivity index (χ0) is 12.5. The van der Waals surface area contributed by atoms with Crippen LogP contribution >= 0.6 is 0 Å². The molecular weight excluding hydrogens is 220 g/mol. The SMILES string of the molecule is CC1(C)CCCN(Cc2cc(C(=O)O)no2)C1. The molecular formula is C12H18N2O3. The number of carbonyl (C=O) groups is 1. The number of rotatable bonds is 3. The quantitative estimate of drug-likeness (QED) is 0.872. The maximum Gasteiger partial charge on any atom is 0.358 e. The Hall–Kier alpha value is -1.36. The second-order valence-corrected chi connectivity index (χ2v) is 5.46. The fraction of sp³-hybridized carbons (Fsp3) is 0.667. The Morgan fingerprint density at radius 1 is 1.65 bits per heavy atom. The fourth-order valence-electron chi connectivity index (χ4n) is 2.39. The second-order valence-electron chi connectivity index (χ2n) is 5.46. The number of piperidine rings is 1. The van der Waals surface area contributed by atoms with Crippen LogP contribution in [-0.2, 0) is 6.54 Å². The van der Waals surface area contributed by atoms with E-state index in [4.69, 9.17) is 9.63 Å². The van der Waals surface area contributed by atoms with Gasteiger partial charge in [-0.25, -0.2) is 4.79 Å². The lowest BCUT2D eigenvalue weighted by Crippen LogP contribution is -2.39. The van der Waals surface area contributed by atoms with Gasteiger partial charge in [0, 0.05) is 12.6 Å². The number of aromatic carboxylic acids is 1. The minimum absolute atomic E-state index is 0.0173. The van der Waals surface area contributed by atoms with E-state index < -0.39 is 5.97 Å². The van der Waals surface area contributed by atoms with E-state index in [0.29, 0.717) is 17.7 Å². The van der Waals surface area contributed by atoms with Crippen LogP contribution in [0.5, 0.6) is 0 Å². The van der Waals surface area contributed by atoms with Crippen LogP contribution < -0.4 is 0 Å². The minimum atomic E-state index is -1.04. The molecule has 0 radical (unpaired) electrons. The molecule has 1 aliphatic heterocycles.